The summed E-state index contributed by atoms with van der Waals surface area (Å²) >= 11 is 0. The molecule has 8 heteroatoms. The van der Waals surface area contributed by atoms with E-state index in [4.69, 9.17) is 4.74 Å². The van der Waals surface area contributed by atoms with Gasteiger partial charge >= 0.3 is 6.36 Å². The molecule has 1 unspecified atom stereocenters. The maximum atomic E-state index is 12.3. The second-order valence-corrected chi connectivity index (χ2v) is 8.10. The average molecular weight is 337 g/mol. The molecular weight excluding hydrogens is 319 g/mol. The Morgan fingerprint density at radius 3 is 2.09 bits per heavy atom. The van der Waals surface area contributed by atoms with Crippen LogP contribution in [0.3, 0.4) is 0 Å². The minimum Gasteiger partial charge on any atom is -0.406 e. The molecule has 0 aliphatic carbocycles. The third kappa shape index (κ3) is 3.99. The first-order chi connectivity index (χ1) is 10.0. The van der Waals surface area contributed by atoms with Crippen LogP contribution in [0.4, 0.5) is 13.2 Å². The Morgan fingerprint density at radius 2 is 1.73 bits per heavy atom. The lowest BCUT2D eigenvalue weighted by Gasteiger charge is -2.43. The largest absolute Gasteiger partial charge is 0.573 e. The van der Waals surface area contributed by atoms with Crippen molar-refractivity contribution in [2.75, 3.05) is 13.2 Å². The predicted molar refractivity (Wildman–Crippen MR) is 76.7 cm³/mol. The van der Waals surface area contributed by atoms with Crippen LogP contribution in [0, 0.1) is 0 Å². The fraction of sp³-hybridized carbons (Fsp3) is 0.571. The first-order valence-corrected chi connectivity index (χ1v) is 7.81. The van der Waals surface area contributed by atoms with Crippen molar-refractivity contribution in [3.05, 3.63) is 29.8 Å². The summed E-state index contributed by atoms with van der Waals surface area (Å²) in [5.41, 5.74) is 0.0698. The van der Waals surface area contributed by atoms with Crippen LogP contribution in [-0.4, -0.2) is 28.5 Å². The first kappa shape index (κ1) is 17.2. The summed E-state index contributed by atoms with van der Waals surface area (Å²) in [6, 6.07) is 5.53. The van der Waals surface area contributed by atoms with Gasteiger partial charge in [-0.3, -0.25) is 0 Å². The highest BCUT2D eigenvalue weighted by atomic mass is 32.2. The van der Waals surface area contributed by atoms with Crippen molar-refractivity contribution >= 4 is 11.0 Å². The number of hydrogen-bond acceptors (Lipinski definition) is 3. The summed E-state index contributed by atoms with van der Waals surface area (Å²) in [4.78, 5) is 0. The first-order valence-electron chi connectivity index (χ1n) is 6.66. The van der Waals surface area contributed by atoms with Gasteiger partial charge in [-0.2, -0.15) is 0 Å². The third-order valence-corrected chi connectivity index (χ3v) is 4.87. The molecule has 1 aliphatic heterocycles. The van der Waals surface area contributed by atoms with Crippen molar-refractivity contribution in [3.63, 3.8) is 0 Å². The Labute approximate surface area is 129 Å². The molecule has 1 aromatic carbocycles. The number of halogens is 3. The molecule has 1 N–H and O–H groups in total. The normalized spacial score (nSPS) is 19.4. The third-order valence-electron chi connectivity index (χ3n) is 3.18. The van der Waals surface area contributed by atoms with E-state index in [0.29, 0.717) is 18.8 Å². The number of hydrogen-bond donors (Lipinski definition) is 1. The molecule has 0 bridgehead atoms. The second kappa shape index (κ2) is 5.82. The van der Waals surface area contributed by atoms with E-state index in [1.165, 1.54) is 24.3 Å². The fourth-order valence-corrected chi connectivity index (χ4v) is 2.79. The average Bonchev–Trinajstić information content (AvgIpc) is 2.31. The Balaban J connectivity index is 2.16. The molecule has 1 saturated heterocycles. The van der Waals surface area contributed by atoms with E-state index in [1.54, 1.807) is 0 Å². The summed E-state index contributed by atoms with van der Waals surface area (Å²) < 4.78 is 60.4. The molecule has 1 fully saturated rings. The molecule has 0 radical (unpaired) electrons. The van der Waals surface area contributed by atoms with Gasteiger partial charge in [0, 0.05) is 0 Å². The zero-order valence-electron chi connectivity index (χ0n) is 12.5. The van der Waals surface area contributed by atoms with Gasteiger partial charge in [-0.05, 0) is 38.5 Å². The molecule has 1 aromatic rings. The molecule has 124 valence electrons. The lowest BCUT2D eigenvalue weighted by atomic mass is 9.89. The molecule has 22 heavy (non-hydrogen) atoms. The van der Waals surface area contributed by atoms with Gasteiger partial charge in [0.15, 0.2) is 0 Å². The Kier molecular flexibility index (Phi) is 4.56. The van der Waals surface area contributed by atoms with Crippen molar-refractivity contribution in [2.45, 2.75) is 37.4 Å². The van der Waals surface area contributed by atoms with Gasteiger partial charge in [0.1, 0.15) is 11.3 Å². The topological polar surface area (TPSA) is 47.6 Å². The summed E-state index contributed by atoms with van der Waals surface area (Å²) in [5, 5.41) is 0. The van der Waals surface area contributed by atoms with Gasteiger partial charge in [0.2, 0.25) is 0 Å². The van der Waals surface area contributed by atoms with Crippen molar-refractivity contribution < 1.29 is 26.9 Å². The van der Waals surface area contributed by atoms with Gasteiger partial charge < -0.3 is 9.47 Å². The van der Waals surface area contributed by atoms with Crippen LogP contribution < -0.4 is 9.46 Å². The summed E-state index contributed by atoms with van der Waals surface area (Å²) in [6.07, 6.45) is -4.72. The van der Waals surface area contributed by atoms with Gasteiger partial charge in [-0.15, -0.1) is 13.2 Å². The minimum atomic E-state index is -4.72. The lowest BCUT2D eigenvalue weighted by molar-refractivity contribution is -0.274. The van der Waals surface area contributed by atoms with Crippen LogP contribution in [-0.2, 0) is 21.3 Å². The summed E-state index contributed by atoms with van der Waals surface area (Å²) in [5.74, 6) is -0.288. The Morgan fingerprint density at radius 1 is 1.18 bits per heavy atom. The Hall–Kier alpha value is -1.12. The monoisotopic (exact) mass is 337 g/mol. The van der Waals surface area contributed by atoms with Crippen LogP contribution >= 0.6 is 0 Å². The predicted octanol–water partition coefficient (Wildman–Crippen LogP) is 2.86. The molecule has 2 rings (SSSR count). The SMILES string of the molecule is CC(C)(C)S(=O)NC1(c2ccc(OC(F)(F)F)cc2)COC1. The van der Waals surface area contributed by atoms with E-state index >= 15 is 0 Å². The number of ether oxygens (including phenoxy) is 2. The van der Waals surface area contributed by atoms with E-state index in [-0.39, 0.29) is 5.75 Å². The van der Waals surface area contributed by atoms with Crippen LogP contribution in [0.1, 0.15) is 26.3 Å². The molecule has 0 spiro atoms. The minimum absolute atomic E-state index is 0.288. The van der Waals surface area contributed by atoms with E-state index in [9.17, 15) is 17.4 Å². The molecule has 0 aromatic heterocycles. The second-order valence-electron chi connectivity index (χ2n) is 6.13. The van der Waals surface area contributed by atoms with Crippen LogP contribution in [0.25, 0.3) is 0 Å². The number of rotatable bonds is 4. The molecule has 0 saturated carbocycles. The standard InChI is InChI=1S/C14H18F3NO3S/c1-12(2,3)22(19)18-13(8-20-9-13)10-4-6-11(7-5-10)21-14(15,16)17/h4-7,18H,8-9H2,1-3H3. The molecule has 0 amide bonds. The van der Waals surface area contributed by atoms with Crippen molar-refractivity contribution in [1.82, 2.24) is 4.72 Å². The lowest BCUT2D eigenvalue weighted by Crippen LogP contribution is -2.59. The molecule has 1 heterocycles. The van der Waals surface area contributed by atoms with E-state index in [0.717, 1.165) is 0 Å². The van der Waals surface area contributed by atoms with Crippen LogP contribution in [0.2, 0.25) is 0 Å². The summed E-state index contributed by atoms with van der Waals surface area (Å²) in [6.45, 7) is 6.14. The maximum absolute atomic E-state index is 12.3. The molecule has 4 nitrogen and oxygen atoms in total. The van der Waals surface area contributed by atoms with E-state index in [1.807, 2.05) is 20.8 Å². The number of nitrogens with one attached hydrogen (secondary N) is 1. The zero-order chi connectivity index (χ0) is 16.6. The van der Waals surface area contributed by atoms with Gasteiger partial charge in [-0.25, -0.2) is 8.93 Å². The number of alkyl halides is 3. The number of benzene rings is 1. The maximum Gasteiger partial charge on any atom is 0.573 e. The van der Waals surface area contributed by atoms with Crippen molar-refractivity contribution in [1.29, 1.82) is 0 Å². The summed E-state index contributed by atoms with van der Waals surface area (Å²) in [7, 11) is -1.32. The van der Waals surface area contributed by atoms with Crippen molar-refractivity contribution in [2.24, 2.45) is 0 Å². The highest BCUT2D eigenvalue weighted by Gasteiger charge is 2.43. The quantitative estimate of drug-likeness (QED) is 0.919. The van der Waals surface area contributed by atoms with Gasteiger partial charge in [0.25, 0.3) is 0 Å². The van der Waals surface area contributed by atoms with Crippen LogP contribution in [0.15, 0.2) is 24.3 Å². The van der Waals surface area contributed by atoms with Crippen LogP contribution in [0.5, 0.6) is 5.75 Å². The van der Waals surface area contributed by atoms with E-state index in [2.05, 4.69) is 9.46 Å². The van der Waals surface area contributed by atoms with Gasteiger partial charge in [-0.1, -0.05) is 12.1 Å². The zero-order valence-corrected chi connectivity index (χ0v) is 13.3. The molecular formula is C14H18F3NO3S. The fourth-order valence-electron chi connectivity index (χ4n) is 1.90. The molecule has 1 aliphatic rings. The van der Waals surface area contributed by atoms with Gasteiger partial charge in [0.05, 0.1) is 28.9 Å². The van der Waals surface area contributed by atoms with E-state index < -0.39 is 27.6 Å². The highest BCUT2D eigenvalue weighted by Crippen LogP contribution is 2.33. The Bertz CT molecular complexity index is 548. The smallest absolute Gasteiger partial charge is 0.406 e. The highest BCUT2D eigenvalue weighted by molar-refractivity contribution is 7.84. The van der Waals surface area contributed by atoms with Crippen molar-refractivity contribution in [3.8, 4) is 5.75 Å². The molecule has 1 atom stereocenters.